The number of piperazine rings is 1. The van der Waals surface area contributed by atoms with Gasteiger partial charge in [0.25, 0.3) is 5.91 Å². The van der Waals surface area contributed by atoms with Crippen LogP contribution in [0.1, 0.15) is 83.3 Å². The standard InChI is InChI=1S/C28H33N3O3/c1-25(2)21-16-27-12-7-13-30(27)24(33)28(21,29-23(27)32)15-19-18-14-17(26(3)10-5-4-6-11-26)8-9-20(18)31(34)22(19)25/h8-9,14-15,21H,4-7,10-13,16H2,1-3H3,(H,29,32)/t21?,27-,28-/m0/s1. The fourth-order valence-corrected chi connectivity index (χ4v) is 8.48. The molecule has 1 unspecified atom stereocenters. The third kappa shape index (κ3) is 2.17. The van der Waals surface area contributed by atoms with E-state index in [0.29, 0.717) is 25.1 Å². The number of carbonyl (C=O) groups is 2. The first kappa shape index (κ1) is 20.7. The molecule has 34 heavy (non-hydrogen) atoms. The Morgan fingerprint density at radius 2 is 1.82 bits per heavy atom. The van der Waals surface area contributed by atoms with Crippen LogP contribution >= 0.6 is 0 Å². The summed E-state index contributed by atoms with van der Waals surface area (Å²) < 4.78 is 1.11. The van der Waals surface area contributed by atoms with Crippen molar-refractivity contribution in [3.8, 4) is 0 Å². The topological polar surface area (TPSA) is 75.5 Å². The summed E-state index contributed by atoms with van der Waals surface area (Å²) in [4.78, 5) is 29.2. The number of hydrogen-bond acceptors (Lipinski definition) is 3. The Labute approximate surface area is 200 Å². The van der Waals surface area contributed by atoms with Gasteiger partial charge in [-0.3, -0.25) is 9.59 Å². The van der Waals surface area contributed by atoms with Gasteiger partial charge in [0.05, 0.1) is 16.6 Å². The van der Waals surface area contributed by atoms with Crippen molar-refractivity contribution in [1.29, 1.82) is 0 Å². The molecule has 8 rings (SSSR count). The average molecular weight is 460 g/mol. The lowest BCUT2D eigenvalue weighted by molar-refractivity contribution is -0.362. The van der Waals surface area contributed by atoms with E-state index in [1.165, 1.54) is 24.8 Å². The third-order valence-electron chi connectivity index (χ3n) is 10.4. The van der Waals surface area contributed by atoms with Crippen molar-refractivity contribution in [2.75, 3.05) is 6.54 Å². The Morgan fingerprint density at radius 3 is 2.59 bits per heavy atom. The molecule has 1 saturated carbocycles. The molecule has 5 heterocycles. The van der Waals surface area contributed by atoms with Crippen molar-refractivity contribution in [2.24, 2.45) is 11.3 Å². The van der Waals surface area contributed by atoms with Crippen LogP contribution in [-0.4, -0.2) is 44.8 Å². The highest BCUT2D eigenvalue weighted by atomic mass is 16.5. The van der Waals surface area contributed by atoms with E-state index >= 15 is 0 Å². The zero-order valence-electron chi connectivity index (χ0n) is 20.4. The Hall–Kier alpha value is -2.63. The molecule has 1 aromatic rings. The molecular weight excluding hydrogens is 426 g/mol. The van der Waals surface area contributed by atoms with Gasteiger partial charge in [-0.25, -0.2) is 0 Å². The molecule has 3 atom stereocenters. The van der Waals surface area contributed by atoms with E-state index in [1.807, 2.05) is 17.0 Å². The van der Waals surface area contributed by atoms with Crippen molar-refractivity contribution in [1.82, 2.24) is 10.2 Å². The van der Waals surface area contributed by atoms with Crippen molar-refractivity contribution in [3.63, 3.8) is 0 Å². The Kier molecular flexibility index (Phi) is 3.74. The zero-order valence-corrected chi connectivity index (χ0v) is 20.4. The predicted octanol–water partition coefficient (Wildman–Crippen LogP) is 4.18. The lowest BCUT2D eigenvalue weighted by Crippen LogP contribution is -2.83. The third-order valence-corrected chi connectivity index (χ3v) is 10.4. The molecule has 7 aliphatic rings. The summed E-state index contributed by atoms with van der Waals surface area (Å²) in [7, 11) is 0. The van der Waals surface area contributed by atoms with E-state index in [0.717, 1.165) is 40.8 Å². The molecule has 2 bridgehead atoms. The number of benzene rings is 1. The smallest absolute Gasteiger partial charge is 0.253 e. The Morgan fingerprint density at radius 1 is 1.06 bits per heavy atom. The lowest BCUT2D eigenvalue weighted by Gasteiger charge is -2.62. The minimum atomic E-state index is -1.07. The van der Waals surface area contributed by atoms with Crippen LogP contribution in [0.4, 0.5) is 5.69 Å². The van der Waals surface area contributed by atoms with Gasteiger partial charge in [-0.1, -0.05) is 32.3 Å². The minimum Gasteiger partial charge on any atom is -0.618 e. The number of carbonyl (C=O) groups excluding carboxylic acids is 2. The first-order chi connectivity index (χ1) is 16.1. The quantitative estimate of drug-likeness (QED) is 0.506. The molecule has 1 aromatic carbocycles. The maximum absolute atomic E-state index is 14.0. The van der Waals surface area contributed by atoms with Gasteiger partial charge < -0.3 is 15.4 Å². The van der Waals surface area contributed by atoms with Gasteiger partial charge in [-0.15, -0.1) is 0 Å². The average Bonchev–Trinajstić information content (AvgIpc) is 3.36. The summed E-state index contributed by atoms with van der Waals surface area (Å²) in [6.07, 6.45) is 10.2. The van der Waals surface area contributed by atoms with Gasteiger partial charge in [-0.05, 0) is 69.1 Å². The van der Waals surface area contributed by atoms with Crippen LogP contribution in [0.25, 0.3) is 5.57 Å². The van der Waals surface area contributed by atoms with E-state index in [9.17, 15) is 14.8 Å². The number of piperidine rings is 2. The zero-order chi connectivity index (χ0) is 23.7. The van der Waals surface area contributed by atoms with Gasteiger partial charge in [0.15, 0.2) is 0 Å². The molecule has 2 spiro atoms. The summed E-state index contributed by atoms with van der Waals surface area (Å²) in [5, 5.41) is 16.9. The molecule has 5 aliphatic heterocycles. The van der Waals surface area contributed by atoms with Crippen LogP contribution in [0.2, 0.25) is 0 Å². The molecular formula is C28H33N3O3. The second-order valence-corrected chi connectivity index (χ2v) is 12.4. The van der Waals surface area contributed by atoms with E-state index < -0.39 is 16.5 Å². The maximum Gasteiger partial charge on any atom is 0.253 e. The van der Waals surface area contributed by atoms with E-state index in [1.54, 1.807) is 0 Å². The summed E-state index contributed by atoms with van der Waals surface area (Å²) in [5.74, 6) is -0.140. The van der Waals surface area contributed by atoms with Crippen molar-refractivity contribution >= 4 is 28.8 Å². The molecule has 178 valence electrons. The lowest BCUT2D eigenvalue weighted by atomic mass is 9.51. The molecule has 6 nitrogen and oxygen atoms in total. The van der Waals surface area contributed by atoms with E-state index in [2.05, 4.69) is 38.2 Å². The van der Waals surface area contributed by atoms with Gasteiger partial charge in [0.1, 0.15) is 11.1 Å². The molecule has 2 amide bonds. The number of allylic oxidation sites excluding steroid dienone is 1. The first-order valence-electron chi connectivity index (χ1n) is 13.0. The second-order valence-electron chi connectivity index (χ2n) is 12.4. The fourth-order valence-electron chi connectivity index (χ4n) is 8.48. The summed E-state index contributed by atoms with van der Waals surface area (Å²) in [6, 6.07) is 6.32. The Bertz CT molecular complexity index is 1240. The monoisotopic (exact) mass is 459 g/mol. The van der Waals surface area contributed by atoms with Crippen LogP contribution < -0.4 is 5.32 Å². The molecule has 1 N–H and O–H groups in total. The van der Waals surface area contributed by atoms with Crippen molar-refractivity contribution in [2.45, 2.75) is 88.6 Å². The largest absolute Gasteiger partial charge is 0.618 e. The highest BCUT2D eigenvalue weighted by molar-refractivity contribution is 6.30. The minimum absolute atomic E-state index is 0.0155. The van der Waals surface area contributed by atoms with Crippen LogP contribution in [0.5, 0.6) is 0 Å². The van der Waals surface area contributed by atoms with Crippen molar-refractivity contribution in [3.05, 3.63) is 40.6 Å². The van der Waals surface area contributed by atoms with Crippen LogP contribution in [0.15, 0.2) is 24.3 Å². The normalized spacial score (nSPS) is 36.5. The highest BCUT2D eigenvalue weighted by Gasteiger charge is 2.73. The van der Waals surface area contributed by atoms with Gasteiger partial charge in [-0.2, -0.15) is 4.74 Å². The predicted molar refractivity (Wildman–Crippen MR) is 130 cm³/mol. The maximum atomic E-state index is 14.0. The van der Waals surface area contributed by atoms with Crippen LogP contribution in [0.3, 0.4) is 0 Å². The SMILES string of the molecule is CC1(c2ccc3c(c2)C2=C[C@@]45NC(=O)[C@]6(CCCN6C4=O)CC5C(C)(C)C2=[N+]3[O-])CCCCC1. The van der Waals surface area contributed by atoms with Crippen molar-refractivity contribution < 1.29 is 14.3 Å². The summed E-state index contributed by atoms with van der Waals surface area (Å²) in [6.45, 7) is 7.18. The van der Waals surface area contributed by atoms with Gasteiger partial charge >= 0.3 is 0 Å². The molecule has 5 fully saturated rings. The molecule has 6 heteroatoms. The first-order valence-corrected chi connectivity index (χ1v) is 13.0. The molecule has 4 saturated heterocycles. The van der Waals surface area contributed by atoms with E-state index in [-0.39, 0.29) is 23.1 Å². The number of hydrogen-bond donors (Lipinski definition) is 1. The number of rotatable bonds is 1. The van der Waals surface area contributed by atoms with E-state index in [4.69, 9.17) is 0 Å². The fraction of sp³-hybridized carbons (Fsp3) is 0.607. The molecule has 2 aliphatic carbocycles. The number of nitrogens with one attached hydrogen (secondary N) is 1. The number of amides is 2. The number of nitrogens with zero attached hydrogens (tertiary/aromatic N) is 2. The Balaban J connectivity index is 1.43. The molecule has 0 aromatic heterocycles. The highest BCUT2D eigenvalue weighted by Crippen LogP contribution is 2.60. The van der Waals surface area contributed by atoms with Crippen LogP contribution in [0, 0.1) is 16.5 Å². The van der Waals surface area contributed by atoms with Crippen LogP contribution in [-0.2, 0) is 15.0 Å². The molecule has 0 radical (unpaired) electrons. The number of fused-ring (bicyclic) bond motifs is 4. The summed E-state index contributed by atoms with van der Waals surface area (Å²) in [5.41, 5.74) is 2.21. The second kappa shape index (κ2) is 6.13. The summed E-state index contributed by atoms with van der Waals surface area (Å²) >= 11 is 0. The van der Waals surface area contributed by atoms with Gasteiger partial charge in [0.2, 0.25) is 17.3 Å². The van der Waals surface area contributed by atoms with Gasteiger partial charge in [0, 0.05) is 18.5 Å².